The molecule has 2 aromatic carbocycles. The number of carbonyl (C=O) groups excluding carboxylic acids is 1. The number of hydrogen-bond acceptors (Lipinski definition) is 4. The fourth-order valence-electron chi connectivity index (χ4n) is 3.74. The maximum atomic E-state index is 13.4. The number of aromatic nitrogens is 2. The van der Waals surface area contributed by atoms with Crippen molar-refractivity contribution in [1.29, 1.82) is 0 Å². The van der Waals surface area contributed by atoms with E-state index in [1.807, 2.05) is 55.1 Å². The third-order valence-electron chi connectivity index (χ3n) is 5.38. The van der Waals surface area contributed by atoms with E-state index in [0.29, 0.717) is 16.1 Å². The summed E-state index contributed by atoms with van der Waals surface area (Å²) in [5.74, 6) is 0.403. The smallest absolute Gasteiger partial charge is 0.266 e. The average Bonchev–Trinajstić information content (AvgIpc) is 2.75. The molecule has 0 spiro atoms. The summed E-state index contributed by atoms with van der Waals surface area (Å²) in [6.45, 7) is 5.65. The molecule has 0 saturated carbocycles. The molecule has 150 valence electrons. The summed E-state index contributed by atoms with van der Waals surface area (Å²) in [7, 11) is 0. The summed E-state index contributed by atoms with van der Waals surface area (Å²) in [5.41, 5.74) is 3.45. The normalized spacial score (nSPS) is 14.3. The molecular formula is C23H25N3O2S. The van der Waals surface area contributed by atoms with Crippen molar-refractivity contribution in [3.63, 3.8) is 0 Å². The molecule has 5 nitrogen and oxygen atoms in total. The molecule has 1 saturated heterocycles. The summed E-state index contributed by atoms with van der Waals surface area (Å²) >= 11 is 1.35. The van der Waals surface area contributed by atoms with Gasteiger partial charge in [0, 0.05) is 13.1 Å². The highest BCUT2D eigenvalue weighted by atomic mass is 32.2. The largest absolute Gasteiger partial charge is 0.342 e. The Balaban J connectivity index is 1.76. The molecule has 1 aliphatic rings. The number of aryl methyl sites for hydroxylation is 2. The van der Waals surface area contributed by atoms with Crippen molar-refractivity contribution < 1.29 is 4.79 Å². The van der Waals surface area contributed by atoms with Crippen LogP contribution in [0.1, 0.15) is 30.4 Å². The Bertz CT molecular complexity index is 1120. The number of thioether (sulfide) groups is 1. The number of para-hydroxylation sites is 1. The van der Waals surface area contributed by atoms with Crippen molar-refractivity contribution in [3.8, 4) is 5.69 Å². The maximum Gasteiger partial charge on any atom is 0.266 e. The second-order valence-electron chi connectivity index (χ2n) is 7.57. The zero-order valence-electron chi connectivity index (χ0n) is 16.9. The molecule has 4 rings (SSSR count). The van der Waals surface area contributed by atoms with E-state index in [1.54, 1.807) is 10.6 Å². The second-order valence-corrected chi connectivity index (χ2v) is 8.51. The molecule has 0 aliphatic carbocycles. The van der Waals surface area contributed by atoms with E-state index >= 15 is 0 Å². The van der Waals surface area contributed by atoms with E-state index in [0.717, 1.165) is 42.7 Å². The van der Waals surface area contributed by atoms with Crippen LogP contribution >= 0.6 is 11.8 Å². The van der Waals surface area contributed by atoms with Gasteiger partial charge in [-0.15, -0.1) is 0 Å². The van der Waals surface area contributed by atoms with E-state index in [9.17, 15) is 9.59 Å². The lowest BCUT2D eigenvalue weighted by atomic mass is 10.1. The van der Waals surface area contributed by atoms with Crippen LogP contribution in [-0.4, -0.2) is 39.2 Å². The molecule has 1 amide bonds. The lowest BCUT2D eigenvalue weighted by molar-refractivity contribution is -0.129. The van der Waals surface area contributed by atoms with Crippen LogP contribution in [0.5, 0.6) is 0 Å². The average molecular weight is 408 g/mol. The van der Waals surface area contributed by atoms with Gasteiger partial charge in [-0.2, -0.15) is 0 Å². The van der Waals surface area contributed by atoms with Gasteiger partial charge in [-0.05, 0) is 62.4 Å². The maximum absolute atomic E-state index is 13.4. The van der Waals surface area contributed by atoms with Crippen LogP contribution < -0.4 is 5.56 Å². The molecule has 1 aromatic heterocycles. The molecule has 6 heteroatoms. The lowest BCUT2D eigenvalue weighted by Gasteiger charge is -2.26. The highest BCUT2D eigenvalue weighted by molar-refractivity contribution is 7.99. The van der Waals surface area contributed by atoms with Gasteiger partial charge in [0.15, 0.2) is 5.16 Å². The van der Waals surface area contributed by atoms with Gasteiger partial charge < -0.3 is 4.90 Å². The topological polar surface area (TPSA) is 55.2 Å². The van der Waals surface area contributed by atoms with Gasteiger partial charge in [-0.1, -0.05) is 36.0 Å². The van der Waals surface area contributed by atoms with Gasteiger partial charge in [-0.3, -0.25) is 14.2 Å². The van der Waals surface area contributed by atoms with Crippen LogP contribution in [-0.2, 0) is 4.79 Å². The molecular weight excluding hydrogens is 382 g/mol. The fourth-order valence-corrected chi connectivity index (χ4v) is 4.65. The SMILES string of the molecule is Cc1ccc(C)c(-n2c(SCC(=O)N3CCCCC3)nc3ccccc3c2=O)c1. The van der Waals surface area contributed by atoms with Crippen LogP contribution in [0.2, 0.25) is 0 Å². The van der Waals surface area contributed by atoms with Gasteiger partial charge >= 0.3 is 0 Å². The zero-order valence-corrected chi connectivity index (χ0v) is 17.7. The van der Waals surface area contributed by atoms with Crippen LogP contribution in [0.4, 0.5) is 0 Å². The number of nitrogens with zero attached hydrogens (tertiary/aromatic N) is 3. The number of carbonyl (C=O) groups is 1. The molecule has 1 fully saturated rings. The molecule has 0 radical (unpaired) electrons. The number of likely N-dealkylation sites (tertiary alicyclic amines) is 1. The van der Waals surface area contributed by atoms with Crippen LogP contribution in [0.15, 0.2) is 52.4 Å². The van der Waals surface area contributed by atoms with Crippen molar-refractivity contribution in [2.75, 3.05) is 18.8 Å². The molecule has 0 atom stereocenters. The van der Waals surface area contributed by atoms with Crippen molar-refractivity contribution in [2.45, 2.75) is 38.3 Å². The van der Waals surface area contributed by atoms with E-state index < -0.39 is 0 Å². The predicted octanol–water partition coefficient (Wildman–Crippen LogP) is 4.11. The van der Waals surface area contributed by atoms with E-state index in [2.05, 4.69) is 0 Å². The summed E-state index contributed by atoms with van der Waals surface area (Å²) in [6.07, 6.45) is 3.32. The highest BCUT2D eigenvalue weighted by Gasteiger charge is 2.20. The highest BCUT2D eigenvalue weighted by Crippen LogP contribution is 2.24. The quantitative estimate of drug-likeness (QED) is 0.482. The Hall–Kier alpha value is -2.60. The third kappa shape index (κ3) is 4.08. The fraction of sp³-hybridized carbons (Fsp3) is 0.348. The van der Waals surface area contributed by atoms with Crippen LogP contribution in [0.3, 0.4) is 0 Å². The predicted molar refractivity (Wildman–Crippen MR) is 118 cm³/mol. The second kappa shape index (κ2) is 8.41. The van der Waals surface area contributed by atoms with E-state index in [-0.39, 0.29) is 17.2 Å². The number of fused-ring (bicyclic) bond motifs is 1. The van der Waals surface area contributed by atoms with Crippen LogP contribution in [0, 0.1) is 13.8 Å². The molecule has 0 bridgehead atoms. The standard InChI is InChI=1S/C23H25N3O2S/c1-16-10-11-17(2)20(14-16)26-22(28)18-8-4-5-9-19(18)24-23(26)29-15-21(27)25-12-6-3-7-13-25/h4-5,8-11,14H,3,6-7,12-13,15H2,1-2H3. The summed E-state index contributed by atoms with van der Waals surface area (Å²) in [6, 6.07) is 13.4. The monoisotopic (exact) mass is 407 g/mol. The lowest BCUT2D eigenvalue weighted by Crippen LogP contribution is -2.36. The number of piperidine rings is 1. The Morgan fingerprint density at radius 2 is 1.83 bits per heavy atom. The Kier molecular flexibility index (Phi) is 5.72. The molecule has 29 heavy (non-hydrogen) atoms. The minimum Gasteiger partial charge on any atom is -0.342 e. The first-order chi connectivity index (χ1) is 14.0. The Morgan fingerprint density at radius 3 is 2.62 bits per heavy atom. The first kappa shape index (κ1) is 19.7. The van der Waals surface area contributed by atoms with Crippen molar-refractivity contribution in [2.24, 2.45) is 0 Å². The zero-order chi connectivity index (χ0) is 20.4. The molecule has 0 unspecified atom stereocenters. The number of amides is 1. The van der Waals surface area contributed by atoms with Crippen LogP contribution in [0.25, 0.3) is 16.6 Å². The van der Waals surface area contributed by atoms with Gasteiger partial charge in [-0.25, -0.2) is 4.98 Å². The first-order valence-corrected chi connectivity index (χ1v) is 11.0. The van der Waals surface area contributed by atoms with Crippen molar-refractivity contribution in [3.05, 3.63) is 63.9 Å². The van der Waals surface area contributed by atoms with Gasteiger partial charge in [0.25, 0.3) is 5.56 Å². The van der Waals surface area contributed by atoms with Gasteiger partial charge in [0.05, 0.1) is 22.3 Å². The van der Waals surface area contributed by atoms with Crippen molar-refractivity contribution >= 4 is 28.6 Å². The third-order valence-corrected chi connectivity index (χ3v) is 6.31. The first-order valence-electron chi connectivity index (χ1n) is 10.0. The molecule has 2 heterocycles. The Morgan fingerprint density at radius 1 is 1.07 bits per heavy atom. The number of benzene rings is 2. The summed E-state index contributed by atoms with van der Waals surface area (Å²) in [4.78, 5) is 32.7. The molecule has 1 aliphatic heterocycles. The Labute approximate surface area is 174 Å². The molecule has 3 aromatic rings. The van der Waals surface area contributed by atoms with E-state index in [1.165, 1.54) is 18.2 Å². The number of rotatable bonds is 4. The molecule has 0 N–H and O–H groups in total. The van der Waals surface area contributed by atoms with E-state index in [4.69, 9.17) is 4.98 Å². The summed E-state index contributed by atoms with van der Waals surface area (Å²) in [5, 5.41) is 1.15. The van der Waals surface area contributed by atoms with Crippen molar-refractivity contribution in [1.82, 2.24) is 14.5 Å². The minimum atomic E-state index is -0.0998. The minimum absolute atomic E-state index is 0.0998. The van der Waals surface area contributed by atoms with Gasteiger partial charge in [0.1, 0.15) is 0 Å². The van der Waals surface area contributed by atoms with Gasteiger partial charge in [0.2, 0.25) is 5.91 Å². The number of hydrogen-bond donors (Lipinski definition) is 0. The summed E-state index contributed by atoms with van der Waals surface area (Å²) < 4.78 is 1.67.